The molecule has 1 N–H and O–H groups in total. The average Bonchev–Trinajstić information content (AvgIpc) is 2.94. The van der Waals surface area contributed by atoms with E-state index in [9.17, 15) is 4.39 Å². The molecule has 2 heterocycles. The van der Waals surface area contributed by atoms with Crippen molar-refractivity contribution in [1.82, 2.24) is 9.36 Å². The summed E-state index contributed by atoms with van der Waals surface area (Å²) in [5, 5.41) is 4.77. The van der Waals surface area contributed by atoms with Crippen molar-refractivity contribution in [2.24, 2.45) is 0 Å². The molecule has 0 saturated heterocycles. The van der Waals surface area contributed by atoms with Crippen LogP contribution in [0, 0.1) is 5.82 Å². The summed E-state index contributed by atoms with van der Waals surface area (Å²) in [5.74, 6) is -0.283. The first kappa shape index (κ1) is 11.8. The molecule has 3 rings (SSSR count). The predicted octanol–water partition coefficient (Wildman–Crippen LogP) is 4.16. The third-order valence-corrected chi connectivity index (χ3v) is 4.27. The van der Waals surface area contributed by atoms with Crippen molar-refractivity contribution in [2.75, 3.05) is 5.32 Å². The lowest BCUT2D eigenvalue weighted by molar-refractivity contribution is 0.632. The van der Waals surface area contributed by atoms with Gasteiger partial charge >= 0.3 is 0 Å². The maximum absolute atomic E-state index is 13.8. The highest BCUT2D eigenvalue weighted by molar-refractivity contribution is 7.15. The van der Waals surface area contributed by atoms with Gasteiger partial charge in [0.15, 0.2) is 0 Å². The number of anilines is 1. The molecule has 3 aromatic rings. The maximum atomic E-state index is 13.8. The smallest absolute Gasteiger partial charge is 0.147 e. The van der Waals surface area contributed by atoms with Crippen molar-refractivity contribution in [2.45, 2.75) is 6.54 Å². The monoisotopic (exact) mass is 299 g/mol. The molecule has 0 aliphatic heterocycles. The van der Waals surface area contributed by atoms with Gasteiger partial charge in [0.05, 0.1) is 23.1 Å². The molecule has 0 unspecified atom stereocenters. The Hall–Kier alpha value is -1.24. The summed E-state index contributed by atoms with van der Waals surface area (Å²) in [5.41, 5.74) is 0.453. The number of benzene rings is 1. The van der Waals surface area contributed by atoms with E-state index in [-0.39, 0.29) is 5.82 Å². The second kappa shape index (κ2) is 4.79. The molecule has 0 spiro atoms. The minimum Gasteiger partial charge on any atom is -0.376 e. The summed E-state index contributed by atoms with van der Waals surface area (Å²) in [4.78, 5) is 4.10. The molecule has 0 aliphatic rings. The number of aromatic nitrogens is 2. The van der Waals surface area contributed by atoms with E-state index >= 15 is 0 Å². The highest BCUT2D eigenvalue weighted by Crippen LogP contribution is 2.26. The lowest BCUT2D eigenvalue weighted by Gasteiger charge is -2.05. The molecule has 0 saturated carbocycles. The highest BCUT2D eigenvalue weighted by Gasteiger charge is 2.07. The Morgan fingerprint density at radius 2 is 2.22 bits per heavy atom. The Labute approximate surface area is 115 Å². The minimum absolute atomic E-state index is 0.283. The molecule has 0 atom stereocenters. The first-order valence-corrected chi connectivity index (χ1v) is 7.07. The van der Waals surface area contributed by atoms with Crippen LogP contribution >= 0.6 is 34.5 Å². The zero-order chi connectivity index (χ0) is 12.5. The van der Waals surface area contributed by atoms with Crippen LogP contribution in [0.3, 0.4) is 0 Å². The van der Waals surface area contributed by atoms with E-state index in [1.807, 2.05) is 0 Å². The standard InChI is InChI=1S/C11H7ClFN3S2/c12-10-4-15-11(17-10)5-14-8-1-6-3-16-18-9(6)2-7(8)13/h1-4,14H,5H2. The molecule has 92 valence electrons. The highest BCUT2D eigenvalue weighted by atomic mass is 35.5. The van der Waals surface area contributed by atoms with Crippen LogP contribution in [-0.4, -0.2) is 9.36 Å². The Balaban J connectivity index is 1.83. The molecule has 0 radical (unpaired) electrons. The third kappa shape index (κ3) is 2.31. The van der Waals surface area contributed by atoms with E-state index in [4.69, 9.17) is 11.6 Å². The number of nitrogens with zero attached hydrogens (tertiary/aromatic N) is 2. The van der Waals surface area contributed by atoms with Crippen molar-refractivity contribution in [3.05, 3.63) is 39.7 Å². The van der Waals surface area contributed by atoms with Crippen molar-refractivity contribution in [3.63, 3.8) is 0 Å². The van der Waals surface area contributed by atoms with E-state index in [1.165, 1.54) is 28.9 Å². The number of thiazole rings is 1. The molecule has 0 aliphatic carbocycles. The van der Waals surface area contributed by atoms with Gasteiger partial charge in [-0.05, 0) is 23.7 Å². The van der Waals surface area contributed by atoms with Gasteiger partial charge in [-0.15, -0.1) is 11.3 Å². The fourth-order valence-corrected chi connectivity index (χ4v) is 3.12. The van der Waals surface area contributed by atoms with Crippen LogP contribution in [-0.2, 0) is 6.54 Å². The molecule has 18 heavy (non-hydrogen) atoms. The quantitative estimate of drug-likeness (QED) is 0.789. The van der Waals surface area contributed by atoms with Gasteiger partial charge < -0.3 is 5.32 Å². The van der Waals surface area contributed by atoms with Gasteiger partial charge in [-0.3, -0.25) is 0 Å². The van der Waals surface area contributed by atoms with Crippen molar-refractivity contribution in [3.8, 4) is 0 Å². The normalized spacial score (nSPS) is 11.0. The maximum Gasteiger partial charge on any atom is 0.147 e. The summed E-state index contributed by atoms with van der Waals surface area (Å²) in [6.07, 6.45) is 3.32. The summed E-state index contributed by atoms with van der Waals surface area (Å²) in [6, 6.07) is 3.24. The van der Waals surface area contributed by atoms with Crippen LogP contribution in [0.15, 0.2) is 24.5 Å². The summed E-state index contributed by atoms with van der Waals surface area (Å²) in [7, 11) is 0. The van der Waals surface area contributed by atoms with Gasteiger partial charge in [0.2, 0.25) is 0 Å². The SMILES string of the molecule is Fc1cc2sncc2cc1NCc1ncc(Cl)s1. The largest absolute Gasteiger partial charge is 0.376 e. The van der Waals surface area contributed by atoms with E-state index < -0.39 is 0 Å². The van der Waals surface area contributed by atoms with Crippen LogP contribution in [0.2, 0.25) is 4.34 Å². The number of rotatable bonds is 3. The molecule has 0 fully saturated rings. The van der Waals surface area contributed by atoms with Crippen molar-refractivity contribution < 1.29 is 4.39 Å². The number of hydrogen-bond acceptors (Lipinski definition) is 5. The van der Waals surface area contributed by atoms with Gasteiger partial charge in [-0.1, -0.05) is 11.6 Å². The molecule has 3 nitrogen and oxygen atoms in total. The third-order valence-electron chi connectivity index (χ3n) is 2.40. The van der Waals surface area contributed by atoms with Crippen LogP contribution in [0.4, 0.5) is 10.1 Å². The van der Waals surface area contributed by atoms with Crippen molar-refractivity contribution >= 4 is 50.2 Å². The summed E-state index contributed by atoms with van der Waals surface area (Å²) >= 11 is 8.44. The van der Waals surface area contributed by atoms with E-state index in [0.717, 1.165) is 15.1 Å². The lowest BCUT2D eigenvalue weighted by Crippen LogP contribution is -2.00. The average molecular weight is 300 g/mol. The molecule has 1 aromatic carbocycles. The lowest BCUT2D eigenvalue weighted by atomic mass is 10.2. The van der Waals surface area contributed by atoms with Gasteiger partial charge in [0, 0.05) is 11.6 Å². The Bertz CT molecular complexity index is 694. The molecule has 2 aromatic heterocycles. The molecular weight excluding hydrogens is 293 g/mol. The molecule has 0 bridgehead atoms. The number of nitrogens with one attached hydrogen (secondary N) is 1. The molecular formula is C11H7ClFN3S2. The Morgan fingerprint density at radius 3 is 3.00 bits per heavy atom. The zero-order valence-electron chi connectivity index (χ0n) is 8.98. The first-order valence-electron chi connectivity index (χ1n) is 5.10. The van der Waals surface area contributed by atoms with Gasteiger partial charge in [-0.25, -0.2) is 9.37 Å². The second-order valence-corrected chi connectivity index (χ2v) is 6.19. The Morgan fingerprint density at radius 1 is 1.33 bits per heavy atom. The second-order valence-electron chi connectivity index (χ2n) is 3.61. The van der Waals surface area contributed by atoms with Gasteiger partial charge in [0.25, 0.3) is 0 Å². The van der Waals surface area contributed by atoms with Crippen molar-refractivity contribution in [1.29, 1.82) is 0 Å². The van der Waals surface area contributed by atoms with Crippen LogP contribution in [0.25, 0.3) is 10.1 Å². The van der Waals surface area contributed by atoms with Crippen LogP contribution in [0.5, 0.6) is 0 Å². The van der Waals surface area contributed by atoms with E-state index in [2.05, 4.69) is 14.7 Å². The summed E-state index contributed by atoms with van der Waals surface area (Å²) in [6.45, 7) is 0.456. The van der Waals surface area contributed by atoms with E-state index in [1.54, 1.807) is 18.5 Å². The summed E-state index contributed by atoms with van der Waals surface area (Å²) < 4.78 is 19.3. The van der Waals surface area contributed by atoms with E-state index in [0.29, 0.717) is 16.6 Å². The first-order chi connectivity index (χ1) is 8.72. The fraction of sp³-hybridized carbons (Fsp3) is 0.0909. The minimum atomic E-state index is -0.283. The molecule has 0 amide bonds. The fourth-order valence-electron chi connectivity index (χ4n) is 1.57. The number of fused-ring (bicyclic) bond motifs is 1. The number of halogens is 2. The zero-order valence-corrected chi connectivity index (χ0v) is 11.4. The number of hydrogen-bond donors (Lipinski definition) is 1. The molecule has 7 heteroatoms. The topological polar surface area (TPSA) is 37.8 Å². The van der Waals surface area contributed by atoms with Gasteiger partial charge in [-0.2, -0.15) is 4.37 Å². The van der Waals surface area contributed by atoms with Crippen LogP contribution < -0.4 is 5.32 Å². The van der Waals surface area contributed by atoms with Gasteiger partial charge in [0.1, 0.15) is 15.2 Å². The van der Waals surface area contributed by atoms with Crippen LogP contribution in [0.1, 0.15) is 5.01 Å². The Kier molecular flexibility index (Phi) is 3.15. The predicted molar refractivity (Wildman–Crippen MR) is 74.0 cm³/mol.